The zero-order valence-electron chi connectivity index (χ0n) is 11.9. The normalized spacial score (nSPS) is 25.2. The SMILES string of the molecule is CCCOC(=S)NC1=CC(C(=O)O)(C(C)C)C(Cl)C=C1. The predicted molar refractivity (Wildman–Crippen MR) is 83.7 cm³/mol. The lowest BCUT2D eigenvalue weighted by atomic mass is 9.71. The number of carbonyl (C=O) groups is 1. The molecule has 0 saturated carbocycles. The average Bonchev–Trinajstić information content (AvgIpc) is 2.37. The smallest absolute Gasteiger partial charge is 0.315 e. The lowest BCUT2D eigenvalue weighted by molar-refractivity contribution is -0.148. The number of ether oxygens (including phenoxy) is 1. The highest BCUT2D eigenvalue weighted by Crippen LogP contribution is 2.40. The Hall–Kier alpha value is -1.07. The van der Waals surface area contributed by atoms with Crippen LogP contribution in [0.5, 0.6) is 0 Å². The van der Waals surface area contributed by atoms with Gasteiger partial charge in [-0.05, 0) is 36.7 Å². The third-order valence-corrected chi connectivity index (χ3v) is 4.03. The van der Waals surface area contributed by atoms with Crippen molar-refractivity contribution < 1.29 is 14.6 Å². The van der Waals surface area contributed by atoms with E-state index in [1.165, 1.54) is 0 Å². The zero-order valence-corrected chi connectivity index (χ0v) is 13.4. The van der Waals surface area contributed by atoms with Crippen LogP contribution in [0.1, 0.15) is 27.2 Å². The Morgan fingerprint density at radius 3 is 2.80 bits per heavy atom. The van der Waals surface area contributed by atoms with Crippen molar-refractivity contribution >= 4 is 35.0 Å². The lowest BCUT2D eigenvalue weighted by Gasteiger charge is -2.36. The summed E-state index contributed by atoms with van der Waals surface area (Å²) in [6.07, 6.45) is 5.87. The fourth-order valence-electron chi connectivity index (χ4n) is 2.07. The Kier molecular flexibility index (Phi) is 6.02. The molecule has 0 fully saturated rings. The maximum atomic E-state index is 11.7. The van der Waals surface area contributed by atoms with Crippen LogP contribution in [-0.2, 0) is 9.53 Å². The van der Waals surface area contributed by atoms with Crippen molar-refractivity contribution in [2.45, 2.75) is 32.6 Å². The standard InChI is InChI=1S/C14H20ClNO3S/c1-4-7-19-13(20)16-10-5-6-11(15)14(8-10,9(2)3)12(17)18/h5-6,8-9,11H,4,7H2,1-3H3,(H,16,20)(H,17,18). The first-order valence-corrected chi connectivity index (χ1v) is 7.41. The molecule has 2 unspecified atom stereocenters. The van der Waals surface area contributed by atoms with Crippen LogP contribution < -0.4 is 5.32 Å². The Morgan fingerprint density at radius 1 is 1.65 bits per heavy atom. The summed E-state index contributed by atoms with van der Waals surface area (Å²) in [6.45, 7) is 6.18. The first-order valence-electron chi connectivity index (χ1n) is 6.56. The summed E-state index contributed by atoms with van der Waals surface area (Å²) in [4.78, 5) is 11.7. The average molecular weight is 318 g/mol. The number of hydrogen-bond donors (Lipinski definition) is 2. The van der Waals surface area contributed by atoms with E-state index in [2.05, 4.69) is 5.32 Å². The molecule has 1 rings (SSSR count). The molecule has 0 heterocycles. The molecule has 0 amide bonds. The van der Waals surface area contributed by atoms with Crippen molar-refractivity contribution in [3.8, 4) is 0 Å². The predicted octanol–water partition coefficient (Wildman–Crippen LogP) is 3.08. The lowest BCUT2D eigenvalue weighted by Crippen LogP contribution is -2.44. The number of aliphatic carboxylic acids is 1. The fraction of sp³-hybridized carbons (Fsp3) is 0.571. The number of carboxylic acids is 1. The highest BCUT2D eigenvalue weighted by molar-refractivity contribution is 7.80. The molecule has 0 aromatic heterocycles. The second-order valence-electron chi connectivity index (χ2n) is 5.01. The maximum Gasteiger partial charge on any atom is 0.315 e. The molecule has 1 aliphatic carbocycles. The van der Waals surface area contributed by atoms with Gasteiger partial charge in [0, 0.05) is 5.70 Å². The van der Waals surface area contributed by atoms with Gasteiger partial charge in [0.2, 0.25) is 0 Å². The van der Waals surface area contributed by atoms with E-state index in [1.807, 2.05) is 20.8 Å². The molecular weight excluding hydrogens is 298 g/mol. The second-order valence-corrected chi connectivity index (χ2v) is 5.86. The highest BCUT2D eigenvalue weighted by atomic mass is 35.5. The molecular formula is C14H20ClNO3S. The van der Waals surface area contributed by atoms with Gasteiger partial charge >= 0.3 is 5.97 Å². The van der Waals surface area contributed by atoms with E-state index in [0.717, 1.165) is 6.42 Å². The van der Waals surface area contributed by atoms with E-state index in [1.54, 1.807) is 18.2 Å². The number of rotatable bonds is 5. The maximum absolute atomic E-state index is 11.7. The molecule has 0 saturated heterocycles. The van der Waals surface area contributed by atoms with Gasteiger partial charge in [0.05, 0.1) is 12.0 Å². The van der Waals surface area contributed by atoms with Crippen LogP contribution in [0, 0.1) is 11.3 Å². The Morgan fingerprint density at radius 2 is 2.30 bits per heavy atom. The Balaban J connectivity index is 2.95. The van der Waals surface area contributed by atoms with E-state index in [-0.39, 0.29) is 11.1 Å². The summed E-state index contributed by atoms with van der Waals surface area (Å²) in [5.74, 6) is -1.11. The van der Waals surface area contributed by atoms with Crippen LogP contribution in [0.4, 0.5) is 0 Å². The third kappa shape index (κ3) is 3.52. The first-order chi connectivity index (χ1) is 9.34. The summed E-state index contributed by atoms with van der Waals surface area (Å²) in [5, 5.41) is 12.1. The highest BCUT2D eigenvalue weighted by Gasteiger charge is 2.47. The number of halogens is 1. The van der Waals surface area contributed by atoms with E-state index >= 15 is 0 Å². The zero-order chi connectivity index (χ0) is 15.3. The van der Waals surface area contributed by atoms with E-state index in [9.17, 15) is 9.90 Å². The van der Waals surface area contributed by atoms with Crippen molar-refractivity contribution in [3.63, 3.8) is 0 Å². The summed E-state index contributed by atoms with van der Waals surface area (Å²) < 4.78 is 5.28. The quantitative estimate of drug-likeness (QED) is 0.603. The molecule has 0 aromatic carbocycles. The second kappa shape index (κ2) is 7.09. The molecule has 6 heteroatoms. The van der Waals surface area contributed by atoms with Crippen molar-refractivity contribution in [3.05, 3.63) is 23.9 Å². The molecule has 0 aliphatic heterocycles. The van der Waals surface area contributed by atoms with Gasteiger partial charge in [0.1, 0.15) is 5.41 Å². The van der Waals surface area contributed by atoms with Crippen molar-refractivity contribution in [2.75, 3.05) is 6.61 Å². The number of thiocarbonyl (C=S) groups is 1. The topological polar surface area (TPSA) is 58.6 Å². The molecule has 0 radical (unpaired) electrons. The molecule has 0 spiro atoms. The summed E-state index contributed by atoms with van der Waals surface area (Å²) in [5.41, 5.74) is -0.557. The van der Waals surface area contributed by atoms with Crippen molar-refractivity contribution in [1.29, 1.82) is 0 Å². The van der Waals surface area contributed by atoms with Gasteiger partial charge in [-0.1, -0.05) is 26.8 Å². The largest absolute Gasteiger partial charge is 0.481 e. The van der Waals surface area contributed by atoms with Crippen molar-refractivity contribution in [1.82, 2.24) is 5.32 Å². The molecule has 2 N–H and O–H groups in total. The summed E-state index contributed by atoms with van der Waals surface area (Å²) in [6, 6.07) is 0. The van der Waals surface area contributed by atoms with Crippen molar-refractivity contribution in [2.24, 2.45) is 11.3 Å². The van der Waals surface area contributed by atoms with Crippen LogP contribution in [0.3, 0.4) is 0 Å². The van der Waals surface area contributed by atoms with Gasteiger partial charge in [-0.15, -0.1) is 11.6 Å². The third-order valence-electron chi connectivity index (χ3n) is 3.30. The molecule has 2 atom stereocenters. The molecule has 4 nitrogen and oxygen atoms in total. The van der Waals surface area contributed by atoms with Gasteiger partial charge in [-0.25, -0.2) is 0 Å². The minimum atomic E-state index is -1.15. The number of alkyl halides is 1. The minimum Gasteiger partial charge on any atom is -0.481 e. The molecule has 0 bridgehead atoms. The van der Waals surface area contributed by atoms with Crippen LogP contribution in [0.15, 0.2) is 23.9 Å². The summed E-state index contributed by atoms with van der Waals surface area (Å²) >= 11 is 11.3. The van der Waals surface area contributed by atoms with Crippen LogP contribution in [0.2, 0.25) is 0 Å². The monoisotopic (exact) mass is 317 g/mol. The minimum absolute atomic E-state index is 0.158. The van der Waals surface area contributed by atoms with Crippen LogP contribution in [0.25, 0.3) is 0 Å². The molecule has 0 aromatic rings. The van der Waals surface area contributed by atoms with Gasteiger partial charge < -0.3 is 15.2 Å². The number of allylic oxidation sites excluding steroid dienone is 2. The van der Waals surface area contributed by atoms with Crippen LogP contribution in [-0.4, -0.2) is 28.2 Å². The molecule has 1 aliphatic rings. The van der Waals surface area contributed by atoms with Gasteiger partial charge in [0.15, 0.2) is 0 Å². The Labute approximate surface area is 129 Å². The van der Waals surface area contributed by atoms with E-state index < -0.39 is 16.8 Å². The van der Waals surface area contributed by atoms with Gasteiger partial charge in [-0.3, -0.25) is 4.79 Å². The number of hydrogen-bond acceptors (Lipinski definition) is 3. The van der Waals surface area contributed by atoms with E-state index in [0.29, 0.717) is 12.3 Å². The van der Waals surface area contributed by atoms with E-state index in [4.69, 9.17) is 28.6 Å². The van der Waals surface area contributed by atoms with Gasteiger partial charge in [0.25, 0.3) is 5.17 Å². The molecule has 20 heavy (non-hydrogen) atoms. The molecule has 112 valence electrons. The summed E-state index contributed by atoms with van der Waals surface area (Å²) in [7, 11) is 0. The van der Waals surface area contributed by atoms with Crippen LogP contribution >= 0.6 is 23.8 Å². The number of carboxylic acid groups (broad SMARTS) is 1. The number of nitrogens with one attached hydrogen (secondary N) is 1. The fourth-order valence-corrected chi connectivity index (χ4v) is 2.75. The van der Waals surface area contributed by atoms with Gasteiger partial charge in [-0.2, -0.15) is 0 Å². The first kappa shape index (κ1) is 17.0. The Bertz CT molecular complexity index is 448.